The third-order valence-electron chi connectivity index (χ3n) is 5.92. The van der Waals surface area contributed by atoms with Crippen LogP contribution in [0.1, 0.15) is 24.0 Å². The molecule has 1 aliphatic heterocycles. The fourth-order valence-corrected chi connectivity index (χ4v) is 6.77. The van der Waals surface area contributed by atoms with Crippen LogP contribution in [0, 0.1) is 13.8 Å². The highest BCUT2D eigenvalue weighted by Gasteiger charge is 2.29. The molecule has 3 rings (SSSR count). The predicted octanol–water partition coefficient (Wildman–Crippen LogP) is 1.96. The highest BCUT2D eigenvalue weighted by atomic mass is 32.2. The smallest absolute Gasteiger partial charge is 0.243 e. The van der Waals surface area contributed by atoms with E-state index < -0.39 is 20.0 Å². The number of nitrogens with one attached hydrogen (secondary N) is 2. The van der Waals surface area contributed by atoms with Crippen molar-refractivity contribution >= 4 is 20.0 Å². The van der Waals surface area contributed by atoms with E-state index in [0.717, 1.165) is 24.2 Å². The minimum atomic E-state index is -3.75. The number of benzene rings is 2. The quantitative estimate of drug-likeness (QED) is 0.655. The Bertz CT molecular complexity index is 1030. The zero-order valence-electron chi connectivity index (χ0n) is 20.0. The van der Waals surface area contributed by atoms with Gasteiger partial charge in [0.25, 0.3) is 0 Å². The fraction of sp³-hybridized carbons (Fsp3) is 0.500. The molecule has 10 heteroatoms. The predicted molar refractivity (Wildman–Crippen MR) is 135 cm³/mol. The zero-order chi connectivity index (χ0) is 24.6. The average Bonchev–Trinajstić information content (AvgIpc) is 2.80. The lowest BCUT2D eigenvalue weighted by atomic mass is 10.2. The van der Waals surface area contributed by atoms with Gasteiger partial charge in [0.1, 0.15) is 0 Å². The van der Waals surface area contributed by atoms with Gasteiger partial charge in [0.15, 0.2) is 0 Å². The number of rotatable bonds is 4. The van der Waals surface area contributed by atoms with E-state index in [9.17, 15) is 16.8 Å². The zero-order valence-corrected chi connectivity index (χ0v) is 21.7. The third-order valence-corrected chi connectivity index (χ3v) is 9.74. The molecule has 0 saturated carbocycles. The number of nitrogens with zero attached hydrogens (tertiary/aromatic N) is 2. The summed E-state index contributed by atoms with van der Waals surface area (Å²) in [7, 11) is -7.50. The molecular weight excluding hydrogens is 472 g/mol. The first kappa shape index (κ1) is 26.8. The van der Waals surface area contributed by atoms with Crippen LogP contribution in [0.15, 0.2) is 58.3 Å². The van der Waals surface area contributed by atoms with Crippen molar-refractivity contribution in [2.24, 2.45) is 0 Å². The second-order valence-electron chi connectivity index (χ2n) is 8.64. The molecular formula is C24H36N4O4S2. The van der Waals surface area contributed by atoms with Gasteiger partial charge in [-0.1, -0.05) is 35.4 Å². The Morgan fingerprint density at radius 1 is 0.559 bits per heavy atom. The standard InChI is InChI=1S/C24H36N4O4S2/c1-21-5-9-23(10-6-21)33(29,30)27-17-3-13-25-15-16-26-14-4-18-28(20-19-27)34(31,32)24-11-7-22(2)8-12-24/h5-12,25-26H,3-4,13-20H2,1-2H3. The lowest BCUT2D eigenvalue weighted by molar-refractivity contribution is 0.333. The van der Waals surface area contributed by atoms with Crippen LogP contribution in [0.2, 0.25) is 0 Å². The van der Waals surface area contributed by atoms with Gasteiger partial charge in [-0.3, -0.25) is 0 Å². The molecule has 0 aliphatic carbocycles. The van der Waals surface area contributed by atoms with Crippen LogP contribution in [0.25, 0.3) is 0 Å². The topological polar surface area (TPSA) is 98.8 Å². The molecule has 1 saturated heterocycles. The minimum absolute atomic E-state index is 0.0920. The van der Waals surface area contributed by atoms with E-state index in [1.165, 1.54) is 8.61 Å². The molecule has 8 nitrogen and oxygen atoms in total. The summed E-state index contributed by atoms with van der Waals surface area (Å²) in [5, 5.41) is 6.65. The first-order valence-corrected chi connectivity index (χ1v) is 14.6. The Hall–Kier alpha value is -1.82. The summed E-state index contributed by atoms with van der Waals surface area (Å²) < 4.78 is 56.6. The second-order valence-corrected chi connectivity index (χ2v) is 12.5. The molecule has 0 bridgehead atoms. The summed E-state index contributed by atoms with van der Waals surface area (Å²) in [6.45, 7) is 7.55. The van der Waals surface area contributed by atoms with Crippen molar-refractivity contribution in [2.75, 3.05) is 52.4 Å². The maximum absolute atomic E-state index is 13.4. The highest BCUT2D eigenvalue weighted by molar-refractivity contribution is 7.89. The lowest BCUT2D eigenvalue weighted by Gasteiger charge is -2.28. The molecule has 1 aliphatic rings. The van der Waals surface area contributed by atoms with Crippen LogP contribution in [0.4, 0.5) is 0 Å². The molecule has 0 atom stereocenters. The largest absolute Gasteiger partial charge is 0.315 e. The highest BCUT2D eigenvalue weighted by Crippen LogP contribution is 2.20. The van der Waals surface area contributed by atoms with Crippen LogP contribution >= 0.6 is 0 Å². The Morgan fingerprint density at radius 2 is 0.912 bits per heavy atom. The molecule has 0 aromatic heterocycles. The van der Waals surface area contributed by atoms with E-state index in [2.05, 4.69) is 10.6 Å². The summed E-state index contributed by atoms with van der Waals surface area (Å²) in [4.78, 5) is 0.452. The van der Waals surface area contributed by atoms with Crippen LogP contribution in [0.3, 0.4) is 0 Å². The van der Waals surface area contributed by atoms with E-state index in [4.69, 9.17) is 0 Å². The molecule has 2 N–H and O–H groups in total. The SMILES string of the molecule is Cc1ccc(S(=O)(=O)N2CCCNCCNCCCN(S(=O)(=O)c3ccc(C)cc3)CC2)cc1. The van der Waals surface area contributed by atoms with Crippen LogP contribution in [-0.2, 0) is 20.0 Å². The van der Waals surface area contributed by atoms with Gasteiger partial charge in [-0.15, -0.1) is 0 Å². The molecule has 0 radical (unpaired) electrons. The molecule has 0 spiro atoms. The fourth-order valence-electron chi connectivity index (χ4n) is 3.83. The molecule has 188 valence electrons. The van der Waals surface area contributed by atoms with E-state index in [-0.39, 0.29) is 22.9 Å². The van der Waals surface area contributed by atoms with E-state index in [1.807, 2.05) is 13.8 Å². The Balaban J connectivity index is 1.87. The van der Waals surface area contributed by atoms with Crippen molar-refractivity contribution in [2.45, 2.75) is 36.5 Å². The Morgan fingerprint density at radius 3 is 1.26 bits per heavy atom. The maximum atomic E-state index is 13.4. The normalized spacial score (nSPS) is 18.9. The van der Waals surface area contributed by atoms with Gasteiger partial charge in [0.2, 0.25) is 20.0 Å². The summed E-state index contributed by atoms with van der Waals surface area (Å²) >= 11 is 0. The first-order chi connectivity index (χ1) is 16.2. The summed E-state index contributed by atoms with van der Waals surface area (Å²) in [6.07, 6.45) is 1.27. The van der Waals surface area contributed by atoms with Crippen molar-refractivity contribution in [3.63, 3.8) is 0 Å². The molecule has 1 heterocycles. The summed E-state index contributed by atoms with van der Waals surface area (Å²) in [5.41, 5.74) is 1.96. The van der Waals surface area contributed by atoms with E-state index in [1.54, 1.807) is 48.5 Å². The van der Waals surface area contributed by atoms with Crippen molar-refractivity contribution in [1.29, 1.82) is 0 Å². The molecule has 0 unspecified atom stereocenters. The van der Waals surface area contributed by atoms with Gasteiger partial charge in [-0.2, -0.15) is 8.61 Å². The monoisotopic (exact) mass is 508 g/mol. The van der Waals surface area contributed by atoms with Gasteiger partial charge in [-0.25, -0.2) is 16.8 Å². The van der Waals surface area contributed by atoms with Crippen LogP contribution < -0.4 is 10.6 Å². The molecule has 2 aromatic rings. The number of aryl methyl sites for hydroxylation is 2. The second kappa shape index (κ2) is 12.2. The first-order valence-electron chi connectivity index (χ1n) is 11.8. The molecule has 2 aromatic carbocycles. The van der Waals surface area contributed by atoms with Gasteiger partial charge in [0.05, 0.1) is 9.79 Å². The molecule has 0 amide bonds. The van der Waals surface area contributed by atoms with Crippen molar-refractivity contribution in [1.82, 2.24) is 19.2 Å². The van der Waals surface area contributed by atoms with Gasteiger partial charge < -0.3 is 10.6 Å². The number of hydrogen-bond acceptors (Lipinski definition) is 6. The summed E-state index contributed by atoms with van der Waals surface area (Å²) in [6, 6.07) is 13.6. The van der Waals surface area contributed by atoms with Crippen molar-refractivity contribution in [3.8, 4) is 0 Å². The Labute approximate surface area is 204 Å². The lowest BCUT2D eigenvalue weighted by Crippen LogP contribution is -2.43. The summed E-state index contributed by atoms with van der Waals surface area (Å²) in [5.74, 6) is 0. The van der Waals surface area contributed by atoms with Crippen LogP contribution in [0.5, 0.6) is 0 Å². The van der Waals surface area contributed by atoms with Gasteiger partial charge in [0, 0.05) is 39.3 Å². The number of hydrogen-bond donors (Lipinski definition) is 2. The minimum Gasteiger partial charge on any atom is -0.315 e. The maximum Gasteiger partial charge on any atom is 0.243 e. The van der Waals surface area contributed by atoms with Crippen molar-refractivity contribution < 1.29 is 16.8 Å². The van der Waals surface area contributed by atoms with Gasteiger partial charge >= 0.3 is 0 Å². The van der Waals surface area contributed by atoms with E-state index >= 15 is 0 Å². The third kappa shape index (κ3) is 7.10. The molecule has 34 heavy (non-hydrogen) atoms. The van der Waals surface area contributed by atoms with E-state index in [0.29, 0.717) is 39.0 Å². The number of sulfonamides is 2. The van der Waals surface area contributed by atoms with Crippen molar-refractivity contribution in [3.05, 3.63) is 59.7 Å². The molecule has 1 fully saturated rings. The average molecular weight is 509 g/mol. The Kier molecular flexibility index (Phi) is 9.64. The van der Waals surface area contributed by atoms with Gasteiger partial charge in [-0.05, 0) is 64.0 Å². The van der Waals surface area contributed by atoms with Crippen LogP contribution in [-0.4, -0.2) is 77.8 Å².